The lowest BCUT2D eigenvalue weighted by Crippen LogP contribution is -2.29. The highest BCUT2D eigenvalue weighted by atomic mass is 79.9. The van der Waals surface area contributed by atoms with Crippen molar-refractivity contribution in [3.8, 4) is 0 Å². The molecule has 0 amide bonds. The summed E-state index contributed by atoms with van der Waals surface area (Å²) >= 11 is 3.40. The fourth-order valence-electron chi connectivity index (χ4n) is 2.74. The third kappa shape index (κ3) is 2.53. The van der Waals surface area contributed by atoms with E-state index in [2.05, 4.69) is 27.9 Å². The van der Waals surface area contributed by atoms with Gasteiger partial charge >= 0.3 is 5.97 Å². The van der Waals surface area contributed by atoms with Crippen molar-refractivity contribution in [2.24, 2.45) is 0 Å². The molecule has 0 radical (unpaired) electrons. The lowest BCUT2D eigenvalue weighted by Gasteiger charge is -2.29. The molecule has 1 saturated carbocycles. The summed E-state index contributed by atoms with van der Waals surface area (Å²) in [4.78, 5) is 13.5. The summed E-state index contributed by atoms with van der Waals surface area (Å²) in [6.45, 7) is 1.89. The first-order chi connectivity index (χ1) is 8.50. The molecule has 0 unspecified atom stereocenters. The number of carboxylic acids is 1. The highest BCUT2D eigenvalue weighted by molar-refractivity contribution is 9.10. The molecule has 1 N–H and O–H groups in total. The first-order valence-corrected chi connectivity index (χ1v) is 7.06. The van der Waals surface area contributed by atoms with Gasteiger partial charge in [0, 0.05) is 23.2 Å². The Morgan fingerprint density at radius 2 is 2.00 bits per heavy atom. The first-order valence-electron chi connectivity index (χ1n) is 6.27. The van der Waals surface area contributed by atoms with Crippen molar-refractivity contribution in [3.63, 3.8) is 0 Å². The number of benzene rings is 1. The van der Waals surface area contributed by atoms with Gasteiger partial charge in [0.25, 0.3) is 0 Å². The Kier molecular flexibility index (Phi) is 3.95. The van der Waals surface area contributed by atoms with Gasteiger partial charge in [-0.1, -0.05) is 28.8 Å². The van der Waals surface area contributed by atoms with Crippen LogP contribution in [0.5, 0.6) is 0 Å². The van der Waals surface area contributed by atoms with Gasteiger partial charge in [0.15, 0.2) is 0 Å². The number of anilines is 1. The van der Waals surface area contributed by atoms with Gasteiger partial charge in [-0.15, -0.1) is 0 Å². The third-order valence-corrected chi connectivity index (χ3v) is 4.29. The third-order valence-electron chi connectivity index (χ3n) is 3.83. The molecule has 1 fully saturated rings. The number of hydrogen-bond donors (Lipinski definition) is 1. The summed E-state index contributed by atoms with van der Waals surface area (Å²) in [5, 5.41) is 9.22. The largest absolute Gasteiger partial charge is 0.478 e. The number of hydrogen-bond acceptors (Lipinski definition) is 2. The van der Waals surface area contributed by atoms with Crippen LogP contribution in [0.2, 0.25) is 0 Å². The number of rotatable bonds is 3. The van der Waals surface area contributed by atoms with E-state index >= 15 is 0 Å². The van der Waals surface area contributed by atoms with E-state index in [0.717, 1.165) is 15.7 Å². The topological polar surface area (TPSA) is 40.5 Å². The average molecular weight is 312 g/mol. The predicted octanol–water partition coefficient (Wildman–Crippen LogP) is 3.83. The number of aromatic carboxylic acids is 1. The molecule has 3 nitrogen and oxygen atoms in total. The molecule has 4 heteroatoms. The Morgan fingerprint density at radius 3 is 2.56 bits per heavy atom. The minimum atomic E-state index is -0.866. The molecule has 0 aliphatic heterocycles. The Labute approximate surface area is 116 Å². The highest BCUT2D eigenvalue weighted by Gasteiger charge is 2.23. The van der Waals surface area contributed by atoms with Gasteiger partial charge in [-0.25, -0.2) is 4.79 Å². The Morgan fingerprint density at radius 1 is 1.39 bits per heavy atom. The first kappa shape index (κ1) is 13.4. The molecule has 18 heavy (non-hydrogen) atoms. The zero-order valence-electron chi connectivity index (χ0n) is 10.7. The van der Waals surface area contributed by atoms with E-state index in [1.54, 1.807) is 6.07 Å². The van der Waals surface area contributed by atoms with Gasteiger partial charge in [0.05, 0.1) is 5.56 Å². The van der Waals surface area contributed by atoms with E-state index < -0.39 is 5.97 Å². The molecule has 0 spiro atoms. The van der Waals surface area contributed by atoms with Crippen LogP contribution in [-0.4, -0.2) is 24.2 Å². The summed E-state index contributed by atoms with van der Waals surface area (Å²) < 4.78 is 0.824. The minimum absolute atomic E-state index is 0.379. The summed E-state index contributed by atoms with van der Waals surface area (Å²) in [5.74, 6) is -0.866. The number of carbonyl (C=O) groups is 1. The molecule has 0 bridgehead atoms. The maximum atomic E-state index is 11.2. The highest BCUT2D eigenvalue weighted by Crippen LogP contribution is 2.32. The van der Waals surface area contributed by atoms with E-state index in [1.807, 2.05) is 13.0 Å². The minimum Gasteiger partial charge on any atom is -0.478 e. The number of halogens is 1. The molecule has 0 aromatic heterocycles. The van der Waals surface area contributed by atoms with Crippen molar-refractivity contribution in [1.29, 1.82) is 0 Å². The van der Waals surface area contributed by atoms with E-state index in [9.17, 15) is 9.90 Å². The molecule has 0 heterocycles. The van der Waals surface area contributed by atoms with Crippen LogP contribution < -0.4 is 4.90 Å². The van der Waals surface area contributed by atoms with E-state index in [0.29, 0.717) is 11.6 Å². The quantitative estimate of drug-likeness (QED) is 0.922. The second-order valence-corrected chi connectivity index (χ2v) is 5.87. The van der Waals surface area contributed by atoms with Crippen LogP contribution in [0.25, 0.3) is 0 Å². The Hall–Kier alpha value is -1.03. The van der Waals surface area contributed by atoms with Crippen molar-refractivity contribution in [3.05, 3.63) is 27.7 Å². The maximum absolute atomic E-state index is 11.2. The zero-order valence-corrected chi connectivity index (χ0v) is 12.3. The molecule has 1 aromatic carbocycles. The normalized spacial score (nSPS) is 15.9. The summed E-state index contributed by atoms with van der Waals surface area (Å²) in [6.07, 6.45) is 4.94. The lowest BCUT2D eigenvalue weighted by atomic mass is 10.0. The van der Waals surface area contributed by atoms with Crippen LogP contribution >= 0.6 is 15.9 Å². The van der Waals surface area contributed by atoms with Gasteiger partial charge in [0.2, 0.25) is 0 Å². The SMILES string of the molecule is Cc1c(C(=O)O)cc(Br)cc1N(C)C1CCCC1. The van der Waals surface area contributed by atoms with Crippen molar-refractivity contribution in [2.45, 2.75) is 38.6 Å². The van der Waals surface area contributed by atoms with Crippen molar-refractivity contribution in [2.75, 3.05) is 11.9 Å². The Bertz CT molecular complexity index is 467. The molecule has 2 rings (SSSR count). The van der Waals surface area contributed by atoms with Gasteiger partial charge in [-0.2, -0.15) is 0 Å². The van der Waals surface area contributed by atoms with Crippen molar-refractivity contribution >= 4 is 27.6 Å². The molecular weight excluding hydrogens is 294 g/mol. The molecule has 0 saturated heterocycles. The standard InChI is InChI=1S/C14H18BrNO2/c1-9-12(14(17)18)7-10(15)8-13(9)16(2)11-5-3-4-6-11/h7-8,11H,3-6H2,1-2H3,(H,17,18). The zero-order chi connectivity index (χ0) is 13.3. The van der Waals surface area contributed by atoms with Crippen LogP contribution in [-0.2, 0) is 0 Å². The molecule has 1 aromatic rings. The summed E-state index contributed by atoms with van der Waals surface area (Å²) in [7, 11) is 2.07. The van der Waals surface area contributed by atoms with Gasteiger partial charge in [0.1, 0.15) is 0 Å². The second kappa shape index (κ2) is 5.31. The Balaban J connectivity index is 2.40. The number of carboxylic acid groups (broad SMARTS) is 1. The fourth-order valence-corrected chi connectivity index (χ4v) is 3.19. The molecule has 98 valence electrons. The van der Waals surface area contributed by atoms with Crippen LogP contribution in [0.15, 0.2) is 16.6 Å². The molecular formula is C14H18BrNO2. The van der Waals surface area contributed by atoms with Gasteiger partial charge in [-0.3, -0.25) is 0 Å². The van der Waals surface area contributed by atoms with Crippen molar-refractivity contribution in [1.82, 2.24) is 0 Å². The van der Waals surface area contributed by atoms with Gasteiger partial charge < -0.3 is 10.0 Å². The van der Waals surface area contributed by atoms with Crippen molar-refractivity contribution < 1.29 is 9.90 Å². The monoisotopic (exact) mass is 311 g/mol. The van der Waals surface area contributed by atoms with Crippen LogP contribution in [0.1, 0.15) is 41.6 Å². The molecule has 0 atom stereocenters. The second-order valence-electron chi connectivity index (χ2n) is 4.95. The van der Waals surface area contributed by atoms with Gasteiger partial charge in [-0.05, 0) is 37.5 Å². The average Bonchev–Trinajstić information content (AvgIpc) is 2.84. The smallest absolute Gasteiger partial charge is 0.336 e. The maximum Gasteiger partial charge on any atom is 0.336 e. The number of nitrogens with zero attached hydrogens (tertiary/aromatic N) is 1. The molecule has 1 aliphatic rings. The van der Waals surface area contributed by atoms with E-state index in [-0.39, 0.29) is 0 Å². The molecule has 1 aliphatic carbocycles. The van der Waals surface area contributed by atoms with E-state index in [1.165, 1.54) is 25.7 Å². The summed E-state index contributed by atoms with van der Waals surface area (Å²) in [5.41, 5.74) is 2.25. The van der Waals surface area contributed by atoms with E-state index in [4.69, 9.17) is 0 Å². The lowest BCUT2D eigenvalue weighted by molar-refractivity contribution is 0.0696. The van der Waals surface area contributed by atoms with Crippen LogP contribution in [0, 0.1) is 6.92 Å². The predicted molar refractivity (Wildman–Crippen MR) is 76.5 cm³/mol. The summed E-state index contributed by atoms with van der Waals surface area (Å²) in [6, 6.07) is 4.23. The fraction of sp³-hybridized carbons (Fsp3) is 0.500. The van der Waals surface area contributed by atoms with Crippen LogP contribution in [0.3, 0.4) is 0 Å². The van der Waals surface area contributed by atoms with Crippen LogP contribution in [0.4, 0.5) is 5.69 Å².